The maximum atomic E-state index is 10.9. The number of rotatable bonds is 1. The lowest BCUT2D eigenvalue weighted by Crippen LogP contribution is -2.56. The summed E-state index contributed by atoms with van der Waals surface area (Å²) in [6.07, 6.45) is 0. The number of hydrogen-bond acceptors (Lipinski definition) is 4. The second-order valence-corrected chi connectivity index (χ2v) is 2.79. The van der Waals surface area contributed by atoms with Gasteiger partial charge in [-0.2, -0.15) is 0 Å². The minimum absolute atomic E-state index is 0.170. The van der Waals surface area contributed by atoms with Crippen LogP contribution in [0.15, 0.2) is 0 Å². The van der Waals surface area contributed by atoms with Gasteiger partial charge in [-0.25, -0.2) is 0 Å². The molecule has 0 saturated carbocycles. The van der Waals surface area contributed by atoms with E-state index in [1.165, 1.54) is 7.11 Å². The molecule has 0 aliphatic carbocycles. The number of ether oxygens (including phenoxy) is 1. The summed E-state index contributed by atoms with van der Waals surface area (Å²) in [6, 6.07) is 0.270. The van der Waals surface area contributed by atoms with Gasteiger partial charge in [0.2, 0.25) is 0 Å². The van der Waals surface area contributed by atoms with E-state index in [0.717, 1.165) is 6.54 Å². The molecule has 1 saturated heterocycles. The molecule has 0 bridgehead atoms. The van der Waals surface area contributed by atoms with Gasteiger partial charge in [0.15, 0.2) is 0 Å². The molecule has 4 nitrogen and oxygen atoms in total. The molecule has 1 aliphatic rings. The molecule has 0 unspecified atom stereocenters. The summed E-state index contributed by atoms with van der Waals surface area (Å²) >= 11 is 0. The predicted octanol–water partition coefficient (Wildman–Crippen LogP) is -0.891. The topological polar surface area (TPSA) is 50.4 Å². The summed E-state index contributed by atoms with van der Waals surface area (Å²) in [5.41, 5.74) is 0. The SMILES string of the molecule is COC(=O)[C@H]1CN[C@H](C)CN1. The van der Waals surface area contributed by atoms with Crippen LogP contribution in [0.25, 0.3) is 0 Å². The minimum Gasteiger partial charge on any atom is -0.468 e. The number of esters is 1. The Balaban J connectivity index is 2.33. The highest BCUT2D eigenvalue weighted by molar-refractivity contribution is 5.76. The summed E-state index contributed by atoms with van der Waals surface area (Å²) < 4.78 is 4.58. The van der Waals surface area contributed by atoms with Gasteiger partial charge >= 0.3 is 5.97 Å². The smallest absolute Gasteiger partial charge is 0.324 e. The molecule has 0 spiro atoms. The molecule has 2 N–H and O–H groups in total. The van der Waals surface area contributed by atoms with Crippen LogP contribution in [-0.2, 0) is 9.53 Å². The lowest BCUT2D eigenvalue weighted by Gasteiger charge is -2.26. The number of piperazine rings is 1. The van der Waals surface area contributed by atoms with Crippen molar-refractivity contribution in [1.29, 1.82) is 0 Å². The van der Waals surface area contributed by atoms with Crippen LogP contribution < -0.4 is 10.6 Å². The Labute approximate surface area is 66.3 Å². The van der Waals surface area contributed by atoms with Gasteiger partial charge in [-0.3, -0.25) is 4.79 Å². The zero-order chi connectivity index (χ0) is 8.27. The first kappa shape index (κ1) is 8.49. The molecular formula is C7H14N2O2. The summed E-state index contributed by atoms with van der Waals surface area (Å²) in [6.45, 7) is 3.55. The van der Waals surface area contributed by atoms with Gasteiger partial charge < -0.3 is 15.4 Å². The van der Waals surface area contributed by atoms with Crippen molar-refractivity contribution in [2.45, 2.75) is 19.0 Å². The normalized spacial score (nSPS) is 31.5. The van der Waals surface area contributed by atoms with Crippen molar-refractivity contribution in [3.63, 3.8) is 0 Å². The number of hydrogen-bond donors (Lipinski definition) is 2. The quantitative estimate of drug-likeness (QED) is 0.486. The van der Waals surface area contributed by atoms with E-state index in [2.05, 4.69) is 22.3 Å². The van der Waals surface area contributed by atoms with Gasteiger partial charge in [0, 0.05) is 19.1 Å². The van der Waals surface area contributed by atoms with E-state index in [0.29, 0.717) is 12.6 Å². The Bertz CT molecular complexity index is 141. The Morgan fingerprint density at radius 2 is 2.18 bits per heavy atom. The summed E-state index contributed by atoms with van der Waals surface area (Å²) in [4.78, 5) is 10.9. The van der Waals surface area contributed by atoms with Crippen LogP contribution in [0.3, 0.4) is 0 Å². The predicted molar refractivity (Wildman–Crippen MR) is 41.3 cm³/mol. The Hall–Kier alpha value is -0.610. The summed E-state index contributed by atoms with van der Waals surface area (Å²) in [5.74, 6) is -0.190. The van der Waals surface area contributed by atoms with E-state index in [9.17, 15) is 4.79 Å². The Morgan fingerprint density at radius 3 is 2.64 bits per heavy atom. The molecule has 0 aromatic rings. The highest BCUT2D eigenvalue weighted by Crippen LogP contribution is 1.94. The molecule has 4 heteroatoms. The highest BCUT2D eigenvalue weighted by Gasteiger charge is 2.23. The molecule has 0 radical (unpaired) electrons. The lowest BCUT2D eigenvalue weighted by atomic mass is 10.2. The number of nitrogens with one attached hydrogen (secondary N) is 2. The second kappa shape index (κ2) is 3.69. The Kier molecular flexibility index (Phi) is 2.84. The van der Waals surface area contributed by atoms with E-state index >= 15 is 0 Å². The van der Waals surface area contributed by atoms with Gasteiger partial charge in [-0.05, 0) is 6.92 Å². The molecule has 64 valence electrons. The van der Waals surface area contributed by atoms with Crippen LogP contribution in [0.4, 0.5) is 0 Å². The van der Waals surface area contributed by atoms with Crippen molar-refractivity contribution in [3.05, 3.63) is 0 Å². The van der Waals surface area contributed by atoms with E-state index in [1.54, 1.807) is 0 Å². The molecule has 0 aromatic heterocycles. The minimum atomic E-state index is -0.190. The van der Waals surface area contributed by atoms with Gasteiger partial charge in [-0.1, -0.05) is 0 Å². The number of carbonyl (C=O) groups excluding carboxylic acids is 1. The fourth-order valence-electron chi connectivity index (χ4n) is 1.09. The van der Waals surface area contributed by atoms with Crippen LogP contribution in [0, 0.1) is 0 Å². The van der Waals surface area contributed by atoms with Gasteiger partial charge in [0.05, 0.1) is 7.11 Å². The number of carbonyl (C=O) groups is 1. The summed E-state index contributed by atoms with van der Waals surface area (Å²) in [5, 5.41) is 6.27. The fourth-order valence-corrected chi connectivity index (χ4v) is 1.09. The van der Waals surface area contributed by atoms with Gasteiger partial charge in [0.1, 0.15) is 6.04 Å². The first-order valence-corrected chi connectivity index (χ1v) is 3.78. The monoisotopic (exact) mass is 158 g/mol. The number of methoxy groups -OCH3 is 1. The molecule has 1 aliphatic heterocycles. The van der Waals surface area contributed by atoms with Crippen molar-refractivity contribution in [2.75, 3.05) is 20.2 Å². The van der Waals surface area contributed by atoms with E-state index in [1.807, 2.05) is 0 Å². The van der Waals surface area contributed by atoms with E-state index in [-0.39, 0.29) is 12.0 Å². The van der Waals surface area contributed by atoms with Crippen LogP contribution in [-0.4, -0.2) is 38.3 Å². The standard InChI is InChI=1S/C7H14N2O2/c1-5-3-9-6(4-8-5)7(10)11-2/h5-6,8-9H,3-4H2,1-2H3/t5-,6-/m1/s1. The van der Waals surface area contributed by atoms with Crippen LogP contribution in [0.2, 0.25) is 0 Å². The third kappa shape index (κ3) is 2.17. The van der Waals surface area contributed by atoms with Crippen molar-refractivity contribution < 1.29 is 9.53 Å². The van der Waals surface area contributed by atoms with Crippen LogP contribution >= 0.6 is 0 Å². The molecule has 11 heavy (non-hydrogen) atoms. The van der Waals surface area contributed by atoms with Crippen molar-refractivity contribution in [1.82, 2.24) is 10.6 Å². The summed E-state index contributed by atoms with van der Waals surface area (Å²) in [7, 11) is 1.40. The molecular weight excluding hydrogens is 144 g/mol. The molecule has 0 amide bonds. The van der Waals surface area contributed by atoms with Crippen LogP contribution in [0.1, 0.15) is 6.92 Å². The van der Waals surface area contributed by atoms with Crippen molar-refractivity contribution in [3.8, 4) is 0 Å². The third-order valence-electron chi connectivity index (χ3n) is 1.83. The Morgan fingerprint density at radius 1 is 1.45 bits per heavy atom. The average Bonchev–Trinajstić information content (AvgIpc) is 2.05. The zero-order valence-corrected chi connectivity index (χ0v) is 6.89. The van der Waals surface area contributed by atoms with Gasteiger partial charge in [-0.15, -0.1) is 0 Å². The second-order valence-electron chi connectivity index (χ2n) is 2.79. The lowest BCUT2D eigenvalue weighted by molar-refractivity contribution is -0.143. The largest absolute Gasteiger partial charge is 0.468 e. The molecule has 1 heterocycles. The first-order valence-electron chi connectivity index (χ1n) is 3.78. The van der Waals surface area contributed by atoms with Gasteiger partial charge in [0.25, 0.3) is 0 Å². The maximum absolute atomic E-state index is 10.9. The van der Waals surface area contributed by atoms with E-state index in [4.69, 9.17) is 0 Å². The zero-order valence-electron chi connectivity index (χ0n) is 6.89. The van der Waals surface area contributed by atoms with Crippen LogP contribution in [0.5, 0.6) is 0 Å². The third-order valence-corrected chi connectivity index (χ3v) is 1.83. The fraction of sp³-hybridized carbons (Fsp3) is 0.857. The molecule has 0 aromatic carbocycles. The highest BCUT2D eigenvalue weighted by atomic mass is 16.5. The maximum Gasteiger partial charge on any atom is 0.324 e. The average molecular weight is 158 g/mol. The first-order chi connectivity index (χ1) is 5.24. The molecule has 1 fully saturated rings. The van der Waals surface area contributed by atoms with Crippen molar-refractivity contribution in [2.24, 2.45) is 0 Å². The molecule has 2 atom stereocenters. The van der Waals surface area contributed by atoms with E-state index < -0.39 is 0 Å². The van der Waals surface area contributed by atoms with Crippen molar-refractivity contribution >= 4 is 5.97 Å². The molecule has 1 rings (SSSR count).